The number of benzene rings is 9. The summed E-state index contributed by atoms with van der Waals surface area (Å²) < 4.78 is 4.90. The molecule has 0 bridgehead atoms. The Morgan fingerprint density at radius 2 is 0.633 bits per heavy atom. The van der Waals surface area contributed by atoms with Gasteiger partial charge in [-0.25, -0.2) is 0 Å². The highest BCUT2D eigenvalue weighted by molar-refractivity contribution is 6.12. The fourth-order valence-corrected chi connectivity index (χ4v) is 9.08. The van der Waals surface area contributed by atoms with Crippen LogP contribution < -0.4 is 9.80 Å². The summed E-state index contributed by atoms with van der Waals surface area (Å²) in [5.74, 6) is 0. The number of fused-ring (bicyclic) bond motifs is 6. The molecule has 286 valence electrons. The first-order valence-corrected chi connectivity index (χ1v) is 20.6. The van der Waals surface area contributed by atoms with E-state index in [1.807, 2.05) is 0 Å². The van der Waals surface area contributed by atoms with E-state index >= 15 is 0 Å². The molecule has 0 aliphatic carbocycles. The maximum atomic E-state index is 2.45. The van der Waals surface area contributed by atoms with Crippen LogP contribution in [0.2, 0.25) is 0 Å². The van der Waals surface area contributed by atoms with E-state index in [0.717, 1.165) is 56.5 Å². The van der Waals surface area contributed by atoms with Gasteiger partial charge in [0.25, 0.3) is 0 Å². The van der Waals surface area contributed by atoms with Gasteiger partial charge < -0.3 is 18.9 Å². The van der Waals surface area contributed by atoms with E-state index in [2.05, 4.69) is 251 Å². The summed E-state index contributed by atoms with van der Waals surface area (Å²) in [6.07, 6.45) is 0. The highest BCUT2D eigenvalue weighted by Gasteiger charge is 2.22. The molecule has 0 aliphatic heterocycles. The predicted molar refractivity (Wildman–Crippen MR) is 254 cm³/mol. The zero-order valence-corrected chi connectivity index (χ0v) is 33.6. The van der Waals surface area contributed by atoms with Gasteiger partial charge >= 0.3 is 0 Å². The van der Waals surface area contributed by atoms with Gasteiger partial charge in [0, 0.05) is 50.0 Å². The van der Waals surface area contributed by atoms with Crippen LogP contribution in [0.3, 0.4) is 0 Å². The van der Waals surface area contributed by atoms with Gasteiger partial charge in [-0.1, -0.05) is 114 Å². The Morgan fingerprint density at radius 3 is 1.10 bits per heavy atom. The van der Waals surface area contributed by atoms with Crippen molar-refractivity contribution in [3.8, 4) is 11.4 Å². The first kappa shape index (κ1) is 35.4. The van der Waals surface area contributed by atoms with Crippen molar-refractivity contribution in [3.63, 3.8) is 0 Å². The van der Waals surface area contributed by atoms with E-state index in [1.165, 1.54) is 43.7 Å². The average molecular weight is 771 g/mol. The van der Waals surface area contributed by atoms with E-state index in [0.29, 0.717) is 0 Å². The zero-order chi connectivity index (χ0) is 40.2. The lowest BCUT2D eigenvalue weighted by Crippen LogP contribution is -2.11. The van der Waals surface area contributed by atoms with E-state index in [-0.39, 0.29) is 0 Å². The summed E-state index contributed by atoms with van der Waals surface area (Å²) in [5.41, 5.74) is 15.9. The van der Waals surface area contributed by atoms with Crippen LogP contribution in [0.25, 0.3) is 55.0 Å². The molecule has 4 nitrogen and oxygen atoms in total. The van der Waals surface area contributed by atoms with Gasteiger partial charge in [-0.2, -0.15) is 0 Å². The van der Waals surface area contributed by atoms with Crippen molar-refractivity contribution in [2.75, 3.05) is 9.80 Å². The maximum absolute atomic E-state index is 2.45. The SMILES string of the molecule is Cc1ccc2c(c1)c1cc(C)ccc1n2-c1cc(N(c2ccccc2)c2ccccc2)cc(-n2c3ccccc3c3cc(N(c4ccccc4)c4ccccc4)ccc32)c1. The smallest absolute Gasteiger partial charge is 0.0542 e. The average Bonchev–Trinajstić information content (AvgIpc) is 3.80. The van der Waals surface area contributed by atoms with Gasteiger partial charge in [0.05, 0.1) is 39.1 Å². The van der Waals surface area contributed by atoms with Gasteiger partial charge in [-0.15, -0.1) is 0 Å². The maximum Gasteiger partial charge on any atom is 0.0542 e. The molecule has 2 aromatic heterocycles. The van der Waals surface area contributed by atoms with E-state index in [9.17, 15) is 0 Å². The number of hydrogen-bond acceptors (Lipinski definition) is 2. The molecule has 9 aromatic carbocycles. The molecule has 4 heteroatoms. The fraction of sp³-hybridized carbons (Fsp3) is 0.0357. The monoisotopic (exact) mass is 770 g/mol. The summed E-state index contributed by atoms with van der Waals surface area (Å²) >= 11 is 0. The normalized spacial score (nSPS) is 11.5. The lowest BCUT2D eigenvalue weighted by Gasteiger charge is -2.27. The van der Waals surface area contributed by atoms with Crippen molar-refractivity contribution < 1.29 is 0 Å². The third-order valence-electron chi connectivity index (χ3n) is 11.7. The minimum absolute atomic E-state index is 1.07. The Labute approximate surface area is 350 Å². The number of aromatic nitrogens is 2. The number of nitrogens with zero attached hydrogens (tertiary/aromatic N) is 4. The predicted octanol–water partition coefficient (Wildman–Crippen LogP) is 15.4. The summed E-state index contributed by atoms with van der Waals surface area (Å²) in [6.45, 7) is 4.36. The van der Waals surface area contributed by atoms with Gasteiger partial charge in [-0.3, -0.25) is 0 Å². The van der Waals surface area contributed by atoms with Crippen molar-refractivity contribution in [2.45, 2.75) is 13.8 Å². The Balaban J connectivity index is 1.21. The zero-order valence-electron chi connectivity index (χ0n) is 33.6. The fourth-order valence-electron chi connectivity index (χ4n) is 9.08. The Bertz CT molecular complexity index is 3190. The minimum atomic E-state index is 1.07. The lowest BCUT2D eigenvalue weighted by atomic mass is 10.1. The molecule has 0 saturated heterocycles. The van der Waals surface area contributed by atoms with Crippen molar-refractivity contribution in [1.29, 1.82) is 0 Å². The molecule has 60 heavy (non-hydrogen) atoms. The molecule has 0 aliphatic rings. The molecule has 0 spiro atoms. The van der Waals surface area contributed by atoms with Crippen molar-refractivity contribution in [2.24, 2.45) is 0 Å². The highest BCUT2D eigenvalue weighted by Crippen LogP contribution is 2.43. The number of aryl methyl sites for hydroxylation is 2. The van der Waals surface area contributed by atoms with Crippen LogP contribution >= 0.6 is 0 Å². The number of para-hydroxylation sites is 5. The Hall–Kier alpha value is -7.82. The largest absolute Gasteiger partial charge is 0.310 e. The minimum Gasteiger partial charge on any atom is -0.310 e. The van der Waals surface area contributed by atoms with E-state index in [4.69, 9.17) is 0 Å². The van der Waals surface area contributed by atoms with E-state index < -0.39 is 0 Å². The molecule has 0 unspecified atom stereocenters. The van der Waals surface area contributed by atoms with Crippen LogP contribution in [-0.4, -0.2) is 9.13 Å². The summed E-state index contributed by atoms with van der Waals surface area (Å²) in [7, 11) is 0. The van der Waals surface area contributed by atoms with Crippen LogP contribution in [0.5, 0.6) is 0 Å². The first-order chi connectivity index (χ1) is 29.6. The first-order valence-electron chi connectivity index (χ1n) is 20.6. The standard InChI is InChI=1S/C56H42N4/c1-39-27-30-54-50(33-39)51-34-40(2)28-31-55(51)60(54)48-36-46(58(43-21-11-5-12-22-43)44-23-13-6-14-24-44)35-47(37-48)59-53-26-16-15-25-49(53)52-38-45(29-32-56(52)59)57(41-17-7-3-8-18-41)42-19-9-4-10-20-42/h3-38H,1-2H3. The van der Waals surface area contributed by atoms with Crippen molar-refractivity contribution in [3.05, 3.63) is 230 Å². The second-order valence-corrected chi connectivity index (χ2v) is 15.7. The molecule has 2 heterocycles. The number of anilines is 6. The summed E-state index contributed by atoms with van der Waals surface area (Å²) in [4.78, 5) is 4.71. The molecule has 0 fully saturated rings. The Kier molecular flexibility index (Phi) is 8.56. The topological polar surface area (TPSA) is 16.3 Å². The second kappa shape index (κ2) is 14.5. The van der Waals surface area contributed by atoms with Gasteiger partial charge in [0.1, 0.15) is 0 Å². The van der Waals surface area contributed by atoms with Crippen LogP contribution in [0, 0.1) is 13.8 Å². The van der Waals surface area contributed by atoms with Crippen molar-refractivity contribution in [1.82, 2.24) is 9.13 Å². The van der Waals surface area contributed by atoms with E-state index in [1.54, 1.807) is 0 Å². The molecule has 0 atom stereocenters. The van der Waals surface area contributed by atoms with Crippen LogP contribution in [0.4, 0.5) is 34.1 Å². The quantitative estimate of drug-likeness (QED) is 0.153. The summed E-state index contributed by atoms with van der Waals surface area (Å²) in [5, 5.41) is 4.91. The molecule has 0 amide bonds. The molecule has 11 rings (SSSR count). The highest BCUT2D eigenvalue weighted by atomic mass is 15.2. The lowest BCUT2D eigenvalue weighted by molar-refractivity contribution is 1.12. The molecule has 0 radical (unpaired) electrons. The third kappa shape index (κ3) is 6.00. The molecule has 0 saturated carbocycles. The molecule has 0 N–H and O–H groups in total. The summed E-state index contributed by atoms with van der Waals surface area (Å²) in [6, 6.07) is 79.2. The Morgan fingerprint density at radius 1 is 0.267 bits per heavy atom. The molecule has 11 aromatic rings. The van der Waals surface area contributed by atoms with Crippen molar-refractivity contribution >= 4 is 77.7 Å². The van der Waals surface area contributed by atoms with Gasteiger partial charge in [0.15, 0.2) is 0 Å². The van der Waals surface area contributed by atoms with Crippen LogP contribution in [0.1, 0.15) is 11.1 Å². The number of rotatable bonds is 8. The molecular formula is C56H42N4. The third-order valence-corrected chi connectivity index (χ3v) is 11.7. The van der Waals surface area contributed by atoms with Gasteiger partial charge in [-0.05, 0) is 129 Å². The number of hydrogen-bond donors (Lipinski definition) is 0. The van der Waals surface area contributed by atoms with Crippen LogP contribution in [0.15, 0.2) is 218 Å². The van der Waals surface area contributed by atoms with Gasteiger partial charge in [0.2, 0.25) is 0 Å². The molecular weight excluding hydrogens is 729 g/mol. The van der Waals surface area contributed by atoms with Crippen LogP contribution in [-0.2, 0) is 0 Å². The second-order valence-electron chi connectivity index (χ2n) is 15.7.